The van der Waals surface area contributed by atoms with Crippen LogP contribution in [0, 0.1) is 5.82 Å². The van der Waals surface area contributed by atoms with Gasteiger partial charge in [-0.3, -0.25) is 4.79 Å². The molecule has 3 aromatic carbocycles. The van der Waals surface area contributed by atoms with E-state index in [0.717, 1.165) is 34.4 Å². The van der Waals surface area contributed by atoms with Gasteiger partial charge in [-0.25, -0.2) is 4.39 Å². The van der Waals surface area contributed by atoms with Gasteiger partial charge in [-0.1, -0.05) is 104 Å². The maximum atomic E-state index is 14.1. The number of para-hydroxylation sites is 1. The first-order valence-electron chi connectivity index (χ1n) is 17.1. The maximum absolute atomic E-state index is 14.1. The lowest BCUT2D eigenvalue weighted by Gasteiger charge is -2.29. The third kappa shape index (κ3) is 10.5. The monoisotopic (exact) mass is 644 g/mol. The number of hydrogen-bond donors (Lipinski definition) is 1. The summed E-state index contributed by atoms with van der Waals surface area (Å²) in [5.41, 5.74) is 5.58. The molecule has 5 rings (SSSR count). The molecule has 1 amide bonds. The Hall–Kier alpha value is -4.07. The van der Waals surface area contributed by atoms with E-state index < -0.39 is 0 Å². The number of ether oxygens (including phenoxy) is 2. The first-order chi connectivity index (χ1) is 23.0. The fourth-order valence-electron chi connectivity index (χ4n) is 5.62. The molecule has 47 heavy (non-hydrogen) atoms. The van der Waals surface area contributed by atoms with Crippen LogP contribution in [0.1, 0.15) is 96.6 Å². The van der Waals surface area contributed by atoms with E-state index in [-0.39, 0.29) is 36.6 Å². The van der Waals surface area contributed by atoms with Gasteiger partial charge in [0.05, 0.1) is 23.5 Å². The Kier molecular flexibility index (Phi) is 17.4. The van der Waals surface area contributed by atoms with E-state index in [1.165, 1.54) is 12.1 Å². The van der Waals surface area contributed by atoms with Crippen LogP contribution in [0.25, 0.3) is 22.4 Å². The molecule has 1 aliphatic rings. The number of halogens is 1. The van der Waals surface area contributed by atoms with Crippen molar-refractivity contribution in [2.24, 2.45) is 0 Å². The van der Waals surface area contributed by atoms with Crippen molar-refractivity contribution < 1.29 is 23.5 Å². The van der Waals surface area contributed by atoms with Crippen molar-refractivity contribution in [2.75, 3.05) is 12.1 Å². The number of rotatable bonds is 10. The van der Waals surface area contributed by atoms with E-state index in [2.05, 4.69) is 23.7 Å². The average molecular weight is 645 g/mol. The number of carbonyl (C=O) groups is 2. The second-order valence-electron chi connectivity index (χ2n) is 10.6. The van der Waals surface area contributed by atoms with E-state index in [1.807, 2.05) is 102 Å². The largest absolute Gasteiger partial charge is 0.352 e. The van der Waals surface area contributed by atoms with Crippen LogP contribution in [0.15, 0.2) is 84.9 Å². The summed E-state index contributed by atoms with van der Waals surface area (Å²) < 4.78 is 27.8. The Morgan fingerprint density at radius 1 is 0.851 bits per heavy atom. The zero-order chi connectivity index (χ0) is 34.8. The molecular formula is C40H53FN2O4. The minimum atomic E-state index is -0.323. The maximum Gasteiger partial charge on any atom is 0.258 e. The third-order valence-corrected chi connectivity index (χ3v) is 7.46. The van der Waals surface area contributed by atoms with Crippen LogP contribution in [0.5, 0.6) is 0 Å². The molecule has 0 bridgehead atoms. The van der Waals surface area contributed by atoms with Crippen molar-refractivity contribution in [2.45, 2.75) is 99.3 Å². The lowest BCUT2D eigenvalue weighted by Crippen LogP contribution is -2.32. The molecule has 1 fully saturated rings. The minimum Gasteiger partial charge on any atom is -0.352 e. The van der Waals surface area contributed by atoms with Crippen LogP contribution in [0.2, 0.25) is 0 Å². The molecule has 1 saturated heterocycles. The van der Waals surface area contributed by atoms with Crippen LogP contribution in [-0.4, -0.2) is 35.8 Å². The molecule has 2 heterocycles. The number of amides is 1. The number of carbonyl (C=O) groups excluding carboxylic acids is 2. The van der Waals surface area contributed by atoms with E-state index in [9.17, 15) is 14.0 Å². The van der Waals surface area contributed by atoms with Gasteiger partial charge in [-0.05, 0) is 59.9 Å². The highest BCUT2D eigenvalue weighted by molar-refractivity contribution is 6.12. The summed E-state index contributed by atoms with van der Waals surface area (Å²) in [6, 6.07) is 25.7. The van der Waals surface area contributed by atoms with Crippen molar-refractivity contribution in [3.8, 4) is 22.4 Å². The van der Waals surface area contributed by atoms with Gasteiger partial charge in [0.2, 0.25) is 0 Å². The highest BCUT2D eigenvalue weighted by Gasteiger charge is 2.31. The molecule has 1 N–H and O–H groups in total. The zero-order valence-corrected chi connectivity index (χ0v) is 29.4. The van der Waals surface area contributed by atoms with Crippen molar-refractivity contribution in [1.82, 2.24) is 4.57 Å². The quantitative estimate of drug-likeness (QED) is 0.174. The lowest BCUT2D eigenvalue weighted by molar-refractivity contribution is -0.178. The standard InChI is InChI=1S/C34H35FN2O4.3C2H6/c1-23(2)32-31(34(39)36-27-11-7-4-8-12-27)30(24-9-5-3-6-10-24)33(25-13-15-26(35)16-14-25)37(32)19-17-28-21-29(18-20-38)41-22-40-28;3*1-2/h3-16,20,23,28-29H,17-19,21-22H2,1-2H3,(H,36,39);3*1-2H3/t28-,29?;;;/m1.../s1. The van der Waals surface area contributed by atoms with Crippen molar-refractivity contribution >= 4 is 17.9 Å². The molecule has 4 aromatic rings. The van der Waals surface area contributed by atoms with E-state index in [0.29, 0.717) is 37.1 Å². The molecule has 7 heteroatoms. The van der Waals surface area contributed by atoms with Gasteiger partial charge in [0, 0.05) is 36.3 Å². The second-order valence-corrected chi connectivity index (χ2v) is 10.6. The topological polar surface area (TPSA) is 69.6 Å². The van der Waals surface area contributed by atoms with Crippen molar-refractivity contribution in [1.29, 1.82) is 0 Å². The summed E-state index contributed by atoms with van der Waals surface area (Å²) in [7, 11) is 0. The van der Waals surface area contributed by atoms with Gasteiger partial charge in [-0.2, -0.15) is 0 Å². The smallest absolute Gasteiger partial charge is 0.258 e. The normalized spacial score (nSPS) is 15.2. The predicted molar refractivity (Wildman–Crippen MR) is 192 cm³/mol. The summed E-state index contributed by atoms with van der Waals surface area (Å²) in [5, 5.41) is 3.10. The van der Waals surface area contributed by atoms with Crippen molar-refractivity contribution in [3.05, 3.63) is 102 Å². The van der Waals surface area contributed by atoms with E-state index in [1.54, 1.807) is 12.1 Å². The fourth-order valence-corrected chi connectivity index (χ4v) is 5.62. The molecule has 254 valence electrons. The molecule has 2 atom stereocenters. The number of aromatic nitrogens is 1. The number of anilines is 1. The van der Waals surface area contributed by atoms with Gasteiger partial charge >= 0.3 is 0 Å². The first kappa shape index (κ1) is 39.1. The molecule has 0 spiro atoms. The molecular weight excluding hydrogens is 591 g/mol. The van der Waals surface area contributed by atoms with Crippen LogP contribution in [-0.2, 0) is 20.8 Å². The van der Waals surface area contributed by atoms with Crippen LogP contribution in [0.4, 0.5) is 10.1 Å². The van der Waals surface area contributed by atoms with Crippen LogP contribution in [0.3, 0.4) is 0 Å². The number of nitrogens with one attached hydrogen (secondary N) is 1. The molecule has 1 aliphatic heterocycles. The average Bonchev–Trinajstić information content (AvgIpc) is 3.47. The van der Waals surface area contributed by atoms with Crippen LogP contribution < -0.4 is 5.32 Å². The highest BCUT2D eigenvalue weighted by atomic mass is 19.1. The van der Waals surface area contributed by atoms with Gasteiger partial charge in [-0.15, -0.1) is 0 Å². The lowest BCUT2D eigenvalue weighted by atomic mass is 9.94. The Morgan fingerprint density at radius 2 is 1.43 bits per heavy atom. The zero-order valence-electron chi connectivity index (χ0n) is 29.4. The Labute approximate surface area is 281 Å². The van der Waals surface area contributed by atoms with Gasteiger partial charge in [0.1, 0.15) is 18.9 Å². The van der Waals surface area contributed by atoms with Gasteiger partial charge in [0.25, 0.3) is 5.91 Å². The molecule has 0 radical (unpaired) electrons. The molecule has 6 nitrogen and oxygen atoms in total. The second kappa shape index (κ2) is 20.9. The fraction of sp³-hybridized carbons (Fsp3) is 0.400. The third-order valence-electron chi connectivity index (χ3n) is 7.46. The van der Waals surface area contributed by atoms with Gasteiger partial charge < -0.3 is 24.2 Å². The first-order valence-corrected chi connectivity index (χ1v) is 17.1. The minimum absolute atomic E-state index is 0.00148. The molecule has 1 unspecified atom stereocenters. The van der Waals surface area contributed by atoms with E-state index >= 15 is 0 Å². The number of aldehydes is 1. The highest BCUT2D eigenvalue weighted by Crippen LogP contribution is 2.42. The van der Waals surface area contributed by atoms with Gasteiger partial charge in [0.15, 0.2) is 0 Å². The SMILES string of the molecule is CC.CC.CC.CC(C)c1c(C(=O)Nc2ccccc2)c(-c2ccccc2)c(-c2ccc(F)cc2)n1CC[C@@H]1CC(CC=O)OCO1. The van der Waals surface area contributed by atoms with Crippen LogP contribution >= 0.6 is 0 Å². The number of benzene rings is 3. The predicted octanol–water partition coefficient (Wildman–Crippen LogP) is 10.5. The summed E-state index contributed by atoms with van der Waals surface area (Å²) in [6.45, 7) is 16.9. The molecule has 1 aromatic heterocycles. The number of hydrogen-bond acceptors (Lipinski definition) is 4. The Bertz CT molecular complexity index is 1470. The van der Waals surface area contributed by atoms with E-state index in [4.69, 9.17) is 9.47 Å². The molecule has 0 aliphatic carbocycles. The summed E-state index contributed by atoms with van der Waals surface area (Å²) in [4.78, 5) is 25.2. The van der Waals surface area contributed by atoms with Crippen molar-refractivity contribution in [3.63, 3.8) is 0 Å². The summed E-state index contributed by atoms with van der Waals surface area (Å²) >= 11 is 0. The Balaban J connectivity index is 0.00000121. The summed E-state index contributed by atoms with van der Waals surface area (Å²) in [5.74, 6) is -0.521. The molecule has 0 saturated carbocycles. The summed E-state index contributed by atoms with van der Waals surface area (Å²) in [6.07, 6.45) is 2.24. The Morgan fingerprint density at radius 3 is 2.00 bits per heavy atom. The number of nitrogens with zero attached hydrogens (tertiary/aromatic N) is 1.